The number of halogens is 2. The fourth-order valence-electron chi connectivity index (χ4n) is 2.41. The third-order valence-corrected chi connectivity index (χ3v) is 10.1. The van der Waals surface area contributed by atoms with Gasteiger partial charge in [-0.15, -0.1) is 35.0 Å². The molecule has 0 radical (unpaired) electrons. The van der Waals surface area contributed by atoms with Crippen LogP contribution < -0.4 is 0 Å². The summed E-state index contributed by atoms with van der Waals surface area (Å²) in [5.74, 6) is 0. The zero-order valence-electron chi connectivity index (χ0n) is 19.7. The van der Waals surface area contributed by atoms with Crippen molar-refractivity contribution in [2.24, 2.45) is 10.8 Å². The maximum absolute atomic E-state index is 5.81. The first-order chi connectivity index (χ1) is 12.1. The Morgan fingerprint density at radius 3 is 1.14 bits per heavy atom. The van der Waals surface area contributed by atoms with Crippen LogP contribution in [-0.4, -0.2) is 6.69 Å². The van der Waals surface area contributed by atoms with Gasteiger partial charge in [-0.3, -0.25) is 12.2 Å². The topological polar surface area (TPSA) is 0 Å². The Bertz CT molecular complexity index is 545. The van der Waals surface area contributed by atoms with E-state index in [2.05, 4.69) is 79.7 Å². The van der Waals surface area contributed by atoms with E-state index in [1.807, 2.05) is 13.8 Å². The molecule has 0 nitrogen and oxygen atoms in total. The van der Waals surface area contributed by atoms with Crippen LogP contribution in [0.3, 0.4) is 0 Å². The van der Waals surface area contributed by atoms with Crippen LogP contribution in [0.1, 0.15) is 82.1 Å². The average Bonchev–Trinajstić information content (AvgIpc) is 3.16. The number of allylic oxidation sites excluding steroid dienone is 8. The van der Waals surface area contributed by atoms with Crippen molar-refractivity contribution in [3.8, 4) is 0 Å². The Morgan fingerprint density at radius 2 is 1.07 bits per heavy atom. The number of rotatable bonds is 2. The zero-order chi connectivity index (χ0) is 21.5. The van der Waals surface area contributed by atoms with Gasteiger partial charge in [0.25, 0.3) is 6.69 Å². The number of hydrogen-bond acceptors (Lipinski definition) is 0. The first-order valence-electron chi connectivity index (χ1n) is 10.1. The summed E-state index contributed by atoms with van der Waals surface area (Å²) in [6.07, 6.45) is 13.2. The summed E-state index contributed by atoms with van der Waals surface area (Å²) >= 11 is 11.6. The molecule has 0 saturated heterocycles. The first kappa shape index (κ1) is 30.8. The van der Waals surface area contributed by atoms with E-state index in [0.29, 0.717) is 10.8 Å². The summed E-state index contributed by atoms with van der Waals surface area (Å²) in [5.41, 5.74) is 6.28. The Morgan fingerprint density at radius 1 is 0.786 bits per heavy atom. The summed E-state index contributed by atoms with van der Waals surface area (Å²) in [6, 6.07) is 1.93. The average molecular weight is 606 g/mol. The van der Waals surface area contributed by atoms with Crippen molar-refractivity contribution in [3.05, 3.63) is 46.6 Å². The summed E-state index contributed by atoms with van der Waals surface area (Å²) in [6.45, 7) is 20.1. The quantitative estimate of drug-likeness (QED) is 0.167. The number of hydrogen-bond donors (Lipinski definition) is 0. The molecule has 0 N–H and O–H groups in total. The van der Waals surface area contributed by atoms with E-state index < -0.39 is 6.69 Å². The summed E-state index contributed by atoms with van der Waals surface area (Å²) in [7, 11) is 0. The van der Waals surface area contributed by atoms with E-state index in [0.717, 1.165) is 24.9 Å². The van der Waals surface area contributed by atoms with Gasteiger partial charge < -0.3 is 0 Å². The Hall–Kier alpha value is 0.627. The van der Waals surface area contributed by atoms with Gasteiger partial charge in [0.15, 0.2) is 0 Å². The molecule has 0 aromatic rings. The maximum Gasteiger partial charge on any atom is 0.250 e. The minimum absolute atomic E-state index is 0. The van der Waals surface area contributed by atoms with Gasteiger partial charge in [0.2, 0.25) is 0 Å². The zero-order valence-corrected chi connectivity index (χ0v) is 25.8. The van der Waals surface area contributed by atoms with Gasteiger partial charge in [-0.1, -0.05) is 69.2 Å². The molecule has 0 fully saturated rings. The molecule has 0 unspecified atom stereocenters. The largest absolute Gasteiger partial charge is 0.269 e. The fourth-order valence-corrected chi connectivity index (χ4v) is 2.91. The molecule has 2 aliphatic rings. The molecule has 0 aliphatic heterocycles. The molecule has 4 heteroatoms. The van der Waals surface area contributed by atoms with Crippen molar-refractivity contribution in [2.45, 2.75) is 94.2 Å². The molecule has 0 heterocycles. The molecular weight excluding hydrogens is 566 g/mol. The Labute approximate surface area is 205 Å². The van der Waals surface area contributed by atoms with Crippen molar-refractivity contribution < 1.29 is 25.8 Å². The molecule has 0 bridgehead atoms. The van der Waals surface area contributed by atoms with E-state index in [-0.39, 0.29) is 25.8 Å². The smallest absolute Gasteiger partial charge is 0.250 e. The van der Waals surface area contributed by atoms with Crippen LogP contribution in [0.25, 0.3) is 0 Å². The van der Waals surface area contributed by atoms with Crippen LogP contribution in [0.2, 0.25) is 12.1 Å². The second-order valence-corrected chi connectivity index (χ2v) is 17.5. The van der Waals surface area contributed by atoms with Crippen LogP contribution in [0.4, 0.5) is 0 Å². The third-order valence-electron chi connectivity index (χ3n) is 4.86. The molecular formula is C24H40Cl2HfSi-2. The fraction of sp³-hybridized carbons (Fsp3) is 0.667. The predicted octanol–water partition coefficient (Wildman–Crippen LogP) is 9.17. The molecule has 0 amide bonds. The molecule has 0 atom stereocenters. The monoisotopic (exact) mass is 606 g/mol. The van der Waals surface area contributed by atoms with E-state index >= 15 is 0 Å². The third kappa shape index (κ3) is 13.0. The normalized spacial score (nSPS) is 16.4. The Balaban J connectivity index is 0. The molecule has 0 spiro atoms. The van der Waals surface area contributed by atoms with Gasteiger partial charge in [0.1, 0.15) is 0 Å². The first-order valence-corrected chi connectivity index (χ1v) is 14.5. The molecule has 0 saturated carbocycles. The molecule has 0 aromatic carbocycles. The van der Waals surface area contributed by atoms with Crippen LogP contribution in [0.15, 0.2) is 34.4 Å². The van der Waals surface area contributed by atoms with Gasteiger partial charge in [-0.05, 0) is 22.9 Å². The second-order valence-electron chi connectivity index (χ2n) is 9.48. The van der Waals surface area contributed by atoms with Crippen molar-refractivity contribution in [2.75, 3.05) is 0 Å². The van der Waals surface area contributed by atoms with Crippen LogP contribution >= 0.6 is 22.2 Å². The summed E-state index contributed by atoms with van der Waals surface area (Å²) < 4.78 is 0. The van der Waals surface area contributed by atoms with Gasteiger partial charge in [0, 0.05) is 25.8 Å². The van der Waals surface area contributed by atoms with Crippen molar-refractivity contribution in [1.29, 1.82) is 0 Å². The van der Waals surface area contributed by atoms with Crippen LogP contribution in [-0.2, 0) is 25.8 Å². The van der Waals surface area contributed by atoms with Crippen molar-refractivity contribution in [1.82, 2.24) is 0 Å². The molecule has 28 heavy (non-hydrogen) atoms. The van der Waals surface area contributed by atoms with Gasteiger partial charge >= 0.3 is 0 Å². The maximum atomic E-state index is 5.81. The molecule has 0 aromatic heterocycles. The molecule has 2 aliphatic carbocycles. The van der Waals surface area contributed by atoms with E-state index in [1.54, 1.807) is 0 Å². The second kappa shape index (κ2) is 13.1. The van der Waals surface area contributed by atoms with E-state index in [9.17, 15) is 0 Å². The minimum Gasteiger partial charge on any atom is -0.269 e. The Kier molecular flexibility index (Phi) is 14.4. The predicted molar refractivity (Wildman–Crippen MR) is 128 cm³/mol. The van der Waals surface area contributed by atoms with Gasteiger partial charge in [0.05, 0.1) is 0 Å². The van der Waals surface area contributed by atoms with E-state index in [1.165, 1.54) is 22.3 Å². The van der Waals surface area contributed by atoms with Crippen LogP contribution in [0.5, 0.6) is 0 Å². The summed E-state index contributed by atoms with van der Waals surface area (Å²) in [5, 5.41) is 0. The van der Waals surface area contributed by atoms with Crippen LogP contribution in [0, 0.1) is 23.0 Å². The standard InChI is InChI=1S/2C10H15.C4H10Cl2Si.Hf/c2*1-8-5-6-9(7-8)10(2,3)4;1-3-7(5,6)4-2;/h2*7H,6H2,1-4H3;3-4H2,1-2H3;/q2*-1;;. The van der Waals surface area contributed by atoms with Crippen molar-refractivity contribution in [3.63, 3.8) is 0 Å². The van der Waals surface area contributed by atoms with Gasteiger partial charge in [-0.25, -0.2) is 23.3 Å². The minimum atomic E-state index is -1.71. The van der Waals surface area contributed by atoms with Gasteiger partial charge in [-0.2, -0.15) is 11.1 Å². The summed E-state index contributed by atoms with van der Waals surface area (Å²) in [4.78, 5) is 0. The molecule has 2 rings (SSSR count). The van der Waals surface area contributed by atoms with Crippen molar-refractivity contribution >= 4 is 28.9 Å². The molecule has 160 valence electrons. The van der Waals surface area contributed by atoms with E-state index in [4.69, 9.17) is 22.2 Å². The SMILES string of the molecule is CC1=[C-]CC(C(C)(C)C)=C1.CC1=[C-]CC(C(C)(C)C)=C1.CC[Si](Cl)(Cl)CC.[Hf].